The van der Waals surface area contributed by atoms with Crippen molar-refractivity contribution in [3.63, 3.8) is 0 Å². The minimum atomic E-state index is 0. The predicted octanol–water partition coefficient (Wildman–Crippen LogP) is 1.76. The summed E-state index contributed by atoms with van der Waals surface area (Å²) in [7, 11) is 3.35. The van der Waals surface area contributed by atoms with Crippen LogP contribution < -0.4 is 15.7 Å². The summed E-state index contributed by atoms with van der Waals surface area (Å²) in [6, 6.07) is 1.78. The summed E-state index contributed by atoms with van der Waals surface area (Å²) < 4.78 is 0. The minimum absolute atomic E-state index is 0. The van der Waals surface area contributed by atoms with Gasteiger partial charge in [-0.2, -0.15) is 9.97 Å². The number of halogens is 1. The molecule has 0 fully saturated rings. The van der Waals surface area contributed by atoms with Gasteiger partial charge in [0.05, 0.1) is 13.7 Å². The number of hydrogen-bond acceptors (Lipinski definition) is 6. The topological polar surface area (TPSA) is 62.3 Å². The van der Waals surface area contributed by atoms with Crippen LogP contribution >= 0.6 is 12.4 Å². The first-order chi connectivity index (χ1) is 8.71. The fourth-order valence-corrected chi connectivity index (χ4v) is 1.24. The lowest BCUT2D eigenvalue weighted by molar-refractivity contribution is 0.182. The zero-order valence-corrected chi connectivity index (χ0v) is 12.3. The second kappa shape index (κ2) is 9.25. The Kier molecular flexibility index (Phi) is 8.42. The average molecular weight is 286 g/mol. The maximum atomic E-state index is 5.21. The third kappa shape index (κ3) is 5.64. The van der Waals surface area contributed by atoms with Crippen molar-refractivity contribution in [2.75, 3.05) is 42.9 Å². The van der Waals surface area contributed by atoms with Gasteiger partial charge in [-0.25, -0.2) is 5.06 Å². The number of terminal acetylenes is 1. The van der Waals surface area contributed by atoms with Gasteiger partial charge in [-0.15, -0.1) is 18.8 Å². The molecule has 0 aliphatic carbocycles. The molecular weight excluding hydrogens is 266 g/mol. The summed E-state index contributed by atoms with van der Waals surface area (Å²) >= 11 is 0. The van der Waals surface area contributed by atoms with Crippen molar-refractivity contribution < 1.29 is 4.84 Å². The van der Waals surface area contributed by atoms with Crippen molar-refractivity contribution in [2.45, 2.75) is 13.3 Å². The molecule has 0 saturated heterocycles. The van der Waals surface area contributed by atoms with E-state index >= 15 is 0 Å². The molecule has 2 N–H and O–H groups in total. The zero-order chi connectivity index (χ0) is 13.4. The van der Waals surface area contributed by atoms with Gasteiger partial charge in [0, 0.05) is 19.7 Å². The molecule has 106 valence electrons. The average Bonchev–Trinajstić information content (AvgIpc) is 2.41. The van der Waals surface area contributed by atoms with Crippen LogP contribution in [0.5, 0.6) is 0 Å². The Hall–Kier alpha value is -1.71. The second-order valence-electron chi connectivity index (χ2n) is 3.60. The molecule has 0 atom stereocenters. The van der Waals surface area contributed by atoms with Crippen LogP contribution in [0.3, 0.4) is 0 Å². The molecule has 0 radical (unpaired) electrons. The molecule has 1 rings (SSSR count). The van der Waals surface area contributed by atoms with Crippen LogP contribution in [0, 0.1) is 12.3 Å². The number of nitrogens with one attached hydrogen (secondary N) is 2. The van der Waals surface area contributed by atoms with Crippen LogP contribution in [0.4, 0.5) is 17.6 Å². The highest BCUT2D eigenvalue weighted by atomic mass is 35.5. The van der Waals surface area contributed by atoms with Gasteiger partial charge in [-0.3, -0.25) is 4.84 Å². The van der Waals surface area contributed by atoms with Gasteiger partial charge in [0.1, 0.15) is 5.82 Å². The van der Waals surface area contributed by atoms with E-state index in [1.54, 1.807) is 25.3 Å². The highest BCUT2D eigenvalue weighted by Gasteiger charge is 2.07. The standard InChI is InChI=1S/C12H19N5O.ClH/c1-5-7-13-10-9-11(17(3)18-4)16-12(15-10)14-8-6-2;/h1,9H,6-8H2,2-4H3,(H2,13,14,15,16);1H. The third-order valence-electron chi connectivity index (χ3n) is 2.21. The molecule has 7 heteroatoms. The van der Waals surface area contributed by atoms with Gasteiger partial charge in [0.2, 0.25) is 5.95 Å². The van der Waals surface area contributed by atoms with Crippen molar-refractivity contribution in [3.8, 4) is 12.3 Å². The number of hydrogen-bond donors (Lipinski definition) is 2. The monoisotopic (exact) mass is 285 g/mol. The van der Waals surface area contributed by atoms with E-state index in [0.29, 0.717) is 24.1 Å². The van der Waals surface area contributed by atoms with E-state index in [0.717, 1.165) is 13.0 Å². The van der Waals surface area contributed by atoms with E-state index in [-0.39, 0.29) is 12.4 Å². The Balaban J connectivity index is 0.00000324. The van der Waals surface area contributed by atoms with Gasteiger partial charge in [-0.1, -0.05) is 12.8 Å². The van der Waals surface area contributed by atoms with Crippen LogP contribution in [-0.2, 0) is 4.84 Å². The van der Waals surface area contributed by atoms with Gasteiger partial charge >= 0.3 is 0 Å². The summed E-state index contributed by atoms with van der Waals surface area (Å²) in [6.45, 7) is 3.31. The van der Waals surface area contributed by atoms with Crippen LogP contribution in [0.25, 0.3) is 0 Å². The summed E-state index contributed by atoms with van der Waals surface area (Å²) in [4.78, 5) is 13.8. The summed E-state index contributed by atoms with van der Waals surface area (Å²) in [6.07, 6.45) is 6.21. The molecule has 0 aliphatic rings. The molecule has 0 bridgehead atoms. The smallest absolute Gasteiger partial charge is 0.226 e. The molecule has 0 aliphatic heterocycles. The Morgan fingerprint density at radius 2 is 2.16 bits per heavy atom. The zero-order valence-electron chi connectivity index (χ0n) is 11.4. The third-order valence-corrected chi connectivity index (χ3v) is 2.21. The van der Waals surface area contributed by atoms with Gasteiger partial charge in [0.25, 0.3) is 0 Å². The molecule has 1 aromatic rings. The number of rotatable bonds is 7. The molecule has 6 nitrogen and oxygen atoms in total. The van der Waals surface area contributed by atoms with Gasteiger partial charge in [-0.05, 0) is 6.42 Å². The summed E-state index contributed by atoms with van der Waals surface area (Å²) in [5.74, 6) is 4.38. The largest absolute Gasteiger partial charge is 0.359 e. The van der Waals surface area contributed by atoms with Gasteiger partial charge < -0.3 is 10.6 Å². The van der Waals surface area contributed by atoms with Gasteiger partial charge in [0.15, 0.2) is 5.82 Å². The first-order valence-corrected chi connectivity index (χ1v) is 5.79. The first kappa shape index (κ1) is 17.3. The summed E-state index contributed by atoms with van der Waals surface area (Å²) in [5, 5.41) is 7.71. The van der Waals surface area contributed by atoms with Crippen LogP contribution in [0.2, 0.25) is 0 Å². The molecule has 0 aromatic carbocycles. The van der Waals surface area contributed by atoms with E-state index in [1.165, 1.54) is 0 Å². The lowest BCUT2D eigenvalue weighted by Crippen LogP contribution is -2.18. The van der Waals surface area contributed by atoms with E-state index in [9.17, 15) is 0 Å². The van der Waals surface area contributed by atoms with Crippen molar-refractivity contribution in [1.82, 2.24) is 9.97 Å². The highest BCUT2D eigenvalue weighted by Crippen LogP contribution is 2.17. The van der Waals surface area contributed by atoms with E-state index < -0.39 is 0 Å². The van der Waals surface area contributed by atoms with Crippen molar-refractivity contribution in [1.29, 1.82) is 0 Å². The number of anilines is 3. The van der Waals surface area contributed by atoms with Crippen molar-refractivity contribution in [3.05, 3.63) is 6.07 Å². The van der Waals surface area contributed by atoms with Crippen LogP contribution in [0.15, 0.2) is 6.07 Å². The molecule has 0 spiro atoms. The first-order valence-electron chi connectivity index (χ1n) is 5.79. The molecule has 0 unspecified atom stereocenters. The summed E-state index contributed by atoms with van der Waals surface area (Å²) in [5.41, 5.74) is 0. The van der Waals surface area contributed by atoms with E-state index in [1.807, 2.05) is 0 Å². The fraction of sp³-hybridized carbons (Fsp3) is 0.500. The molecule has 0 amide bonds. The Labute approximate surface area is 120 Å². The molecular formula is C12H20ClN5O. The van der Waals surface area contributed by atoms with Crippen LogP contribution in [-0.4, -0.2) is 37.2 Å². The lowest BCUT2D eigenvalue weighted by Gasteiger charge is -2.16. The Bertz CT molecular complexity index is 421. The van der Waals surface area contributed by atoms with E-state index in [2.05, 4.69) is 33.4 Å². The van der Waals surface area contributed by atoms with Crippen molar-refractivity contribution in [2.24, 2.45) is 0 Å². The molecule has 1 heterocycles. The van der Waals surface area contributed by atoms with E-state index in [4.69, 9.17) is 11.3 Å². The second-order valence-corrected chi connectivity index (χ2v) is 3.60. The maximum Gasteiger partial charge on any atom is 0.226 e. The van der Waals surface area contributed by atoms with Crippen molar-refractivity contribution >= 4 is 30.0 Å². The quantitative estimate of drug-likeness (QED) is 0.588. The number of hydroxylamine groups is 1. The minimum Gasteiger partial charge on any atom is -0.359 e. The molecule has 0 saturated carbocycles. The maximum absolute atomic E-state index is 5.21. The number of nitrogens with zero attached hydrogens (tertiary/aromatic N) is 3. The molecule has 1 aromatic heterocycles. The molecule has 19 heavy (non-hydrogen) atoms. The number of aromatic nitrogens is 2. The lowest BCUT2D eigenvalue weighted by atomic mass is 10.4. The fourth-order valence-electron chi connectivity index (χ4n) is 1.24. The Morgan fingerprint density at radius 3 is 2.74 bits per heavy atom. The van der Waals surface area contributed by atoms with Crippen LogP contribution in [0.1, 0.15) is 13.3 Å². The Morgan fingerprint density at radius 1 is 1.42 bits per heavy atom. The predicted molar refractivity (Wildman–Crippen MR) is 80.8 cm³/mol. The SMILES string of the molecule is C#CCNc1cc(N(C)OC)nc(NCCC)n1.Cl. The normalized spacial score (nSPS) is 9.16. The highest BCUT2D eigenvalue weighted by molar-refractivity contribution is 5.85.